The van der Waals surface area contributed by atoms with E-state index in [1.54, 1.807) is 12.1 Å². The van der Waals surface area contributed by atoms with Crippen LogP contribution in [0.1, 0.15) is 46.8 Å². The number of rotatable bonds is 6. The Labute approximate surface area is 162 Å². The Hall–Kier alpha value is -3.22. The smallest absolute Gasteiger partial charge is 0.305 e. The van der Waals surface area contributed by atoms with Crippen LogP contribution in [0, 0.1) is 12.7 Å². The lowest BCUT2D eigenvalue weighted by Gasteiger charge is -2.21. The molecule has 0 radical (unpaired) electrons. The zero-order valence-electron chi connectivity index (χ0n) is 15.4. The summed E-state index contributed by atoms with van der Waals surface area (Å²) >= 11 is 0. The lowest BCUT2D eigenvalue weighted by molar-refractivity contribution is -0.137. The van der Waals surface area contributed by atoms with Crippen LogP contribution in [0.5, 0.6) is 0 Å². The van der Waals surface area contributed by atoms with E-state index < -0.39 is 23.7 Å². The minimum Gasteiger partial charge on any atom is -0.481 e. The average Bonchev–Trinajstić information content (AvgIpc) is 3.07. The van der Waals surface area contributed by atoms with Gasteiger partial charge in [0.2, 0.25) is 5.91 Å². The Morgan fingerprint density at radius 3 is 2.64 bits per heavy atom. The summed E-state index contributed by atoms with van der Waals surface area (Å²) < 4.78 is 14.3. The first-order valence-electron chi connectivity index (χ1n) is 9.05. The van der Waals surface area contributed by atoms with E-state index in [9.17, 15) is 23.9 Å². The van der Waals surface area contributed by atoms with Gasteiger partial charge in [0.05, 0.1) is 18.0 Å². The van der Waals surface area contributed by atoms with Crippen LogP contribution in [0.15, 0.2) is 42.5 Å². The number of carbonyl (C=O) groups excluding carboxylic acids is 2. The van der Waals surface area contributed by atoms with Crippen LogP contribution in [-0.4, -0.2) is 29.4 Å². The highest BCUT2D eigenvalue weighted by atomic mass is 19.1. The van der Waals surface area contributed by atoms with Gasteiger partial charge in [-0.1, -0.05) is 24.3 Å². The molecule has 1 unspecified atom stereocenters. The van der Waals surface area contributed by atoms with E-state index in [4.69, 9.17) is 0 Å². The Bertz CT molecular complexity index is 928. The topological polar surface area (TPSA) is 86.7 Å². The number of nitrogens with one attached hydrogen (secondary N) is 1. The second-order valence-electron chi connectivity index (χ2n) is 6.79. The van der Waals surface area contributed by atoms with Gasteiger partial charge in [0.15, 0.2) is 0 Å². The summed E-state index contributed by atoms with van der Waals surface area (Å²) in [6, 6.07) is 10.3. The number of carboxylic acid groups (broad SMARTS) is 1. The second-order valence-corrected chi connectivity index (χ2v) is 6.79. The van der Waals surface area contributed by atoms with Gasteiger partial charge < -0.3 is 15.3 Å². The van der Waals surface area contributed by atoms with Crippen molar-refractivity contribution >= 4 is 23.5 Å². The number of halogens is 1. The lowest BCUT2D eigenvalue weighted by atomic mass is 9.98. The number of hydrogen-bond acceptors (Lipinski definition) is 3. The maximum atomic E-state index is 14.3. The summed E-state index contributed by atoms with van der Waals surface area (Å²) in [5, 5.41) is 11.8. The number of anilines is 1. The third-order valence-electron chi connectivity index (χ3n) is 4.83. The van der Waals surface area contributed by atoms with Gasteiger partial charge in [-0.3, -0.25) is 14.4 Å². The van der Waals surface area contributed by atoms with Crippen molar-refractivity contribution in [2.24, 2.45) is 0 Å². The van der Waals surface area contributed by atoms with Gasteiger partial charge in [-0.2, -0.15) is 0 Å². The Balaban J connectivity index is 1.88. The fourth-order valence-corrected chi connectivity index (χ4v) is 3.40. The number of aliphatic carboxylic acids is 1. The summed E-state index contributed by atoms with van der Waals surface area (Å²) in [4.78, 5) is 37.5. The molecule has 2 aromatic rings. The zero-order chi connectivity index (χ0) is 20.3. The monoisotopic (exact) mass is 384 g/mol. The minimum atomic E-state index is -1.08. The van der Waals surface area contributed by atoms with Gasteiger partial charge in [-0.15, -0.1) is 0 Å². The van der Waals surface area contributed by atoms with Crippen LogP contribution < -0.4 is 10.2 Å². The summed E-state index contributed by atoms with van der Waals surface area (Å²) in [5.41, 5.74) is 1.72. The SMILES string of the molecule is Cc1ccccc1C(CC(=O)O)NC(=O)c1cc(N2CCCC2=O)ccc1F. The predicted octanol–water partition coefficient (Wildman–Crippen LogP) is 3.21. The number of aryl methyl sites for hydroxylation is 1. The summed E-state index contributed by atoms with van der Waals surface area (Å²) in [6.07, 6.45) is 0.807. The molecule has 7 heteroatoms. The summed E-state index contributed by atoms with van der Waals surface area (Å²) in [5.74, 6) is -2.60. The van der Waals surface area contributed by atoms with Crippen molar-refractivity contribution in [3.63, 3.8) is 0 Å². The molecule has 2 N–H and O–H groups in total. The third kappa shape index (κ3) is 4.19. The molecule has 1 aliphatic heterocycles. The maximum Gasteiger partial charge on any atom is 0.305 e. The number of carboxylic acids is 1. The van der Waals surface area contributed by atoms with Crippen LogP contribution in [0.4, 0.5) is 10.1 Å². The van der Waals surface area contributed by atoms with Crippen LogP contribution in [0.25, 0.3) is 0 Å². The molecule has 146 valence electrons. The zero-order valence-corrected chi connectivity index (χ0v) is 15.4. The van der Waals surface area contributed by atoms with E-state index in [1.807, 2.05) is 19.1 Å². The number of nitrogens with zero attached hydrogens (tertiary/aromatic N) is 1. The van der Waals surface area contributed by atoms with Crippen molar-refractivity contribution in [2.75, 3.05) is 11.4 Å². The predicted molar refractivity (Wildman–Crippen MR) is 102 cm³/mol. The molecular formula is C21H21FN2O4. The first-order valence-corrected chi connectivity index (χ1v) is 9.05. The highest BCUT2D eigenvalue weighted by Gasteiger charge is 2.25. The Kier molecular flexibility index (Phi) is 5.73. The van der Waals surface area contributed by atoms with Crippen LogP contribution >= 0.6 is 0 Å². The average molecular weight is 384 g/mol. The molecule has 1 aliphatic rings. The van der Waals surface area contributed by atoms with Crippen molar-refractivity contribution in [2.45, 2.75) is 32.2 Å². The van der Waals surface area contributed by atoms with E-state index >= 15 is 0 Å². The number of amides is 2. The van der Waals surface area contributed by atoms with Crippen molar-refractivity contribution in [1.82, 2.24) is 5.32 Å². The van der Waals surface area contributed by atoms with Gasteiger partial charge in [0, 0.05) is 18.7 Å². The van der Waals surface area contributed by atoms with Crippen LogP contribution in [0.3, 0.4) is 0 Å². The van der Waals surface area contributed by atoms with E-state index in [-0.39, 0.29) is 17.9 Å². The minimum absolute atomic E-state index is 0.0679. The van der Waals surface area contributed by atoms with Crippen molar-refractivity contribution in [3.8, 4) is 0 Å². The Morgan fingerprint density at radius 1 is 1.25 bits per heavy atom. The fraction of sp³-hybridized carbons (Fsp3) is 0.286. The van der Waals surface area contributed by atoms with E-state index in [0.29, 0.717) is 30.6 Å². The molecule has 0 saturated carbocycles. The first-order chi connectivity index (χ1) is 13.4. The van der Waals surface area contributed by atoms with E-state index in [0.717, 1.165) is 11.6 Å². The molecule has 1 heterocycles. The van der Waals surface area contributed by atoms with Crippen molar-refractivity contribution in [1.29, 1.82) is 0 Å². The van der Waals surface area contributed by atoms with Crippen molar-refractivity contribution < 1.29 is 23.9 Å². The van der Waals surface area contributed by atoms with E-state index in [1.165, 1.54) is 17.0 Å². The van der Waals surface area contributed by atoms with Gasteiger partial charge >= 0.3 is 5.97 Å². The Morgan fingerprint density at radius 2 is 2.00 bits per heavy atom. The van der Waals surface area contributed by atoms with Gasteiger partial charge in [0.25, 0.3) is 5.91 Å². The van der Waals surface area contributed by atoms with Crippen LogP contribution in [-0.2, 0) is 9.59 Å². The number of carbonyl (C=O) groups is 3. The molecule has 6 nitrogen and oxygen atoms in total. The first kappa shape index (κ1) is 19.5. The molecule has 2 amide bonds. The summed E-state index contributed by atoms with van der Waals surface area (Å²) in [7, 11) is 0. The number of hydrogen-bond donors (Lipinski definition) is 2. The van der Waals surface area contributed by atoms with Crippen molar-refractivity contribution in [3.05, 3.63) is 65.0 Å². The molecule has 28 heavy (non-hydrogen) atoms. The molecule has 1 atom stereocenters. The molecular weight excluding hydrogens is 363 g/mol. The lowest BCUT2D eigenvalue weighted by Crippen LogP contribution is -2.31. The van der Waals surface area contributed by atoms with Crippen LogP contribution in [0.2, 0.25) is 0 Å². The normalized spacial score (nSPS) is 14.8. The molecule has 0 bridgehead atoms. The number of benzene rings is 2. The second kappa shape index (κ2) is 8.21. The quantitative estimate of drug-likeness (QED) is 0.801. The van der Waals surface area contributed by atoms with Gasteiger partial charge in [-0.25, -0.2) is 4.39 Å². The molecule has 0 spiro atoms. The molecule has 3 rings (SSSR count). The third-order valence-corrected chi connectivity index (χ3v) is 4.83. The molecule has 0 aromatic heterocycles. The highest BCUT2D eigenvalue weighted by Crippen LogP contribution is 2.25. The fourth-order valence-electron chi connectivity index (χ4n) is 3.40. The van der Waals surface area contributed by atoms with E-state index in [2.05, 4.69) is 5.32 Å². The maximum absolute atomic E-state index is 14.3. The standard InChI is InChI=1S/C21H21FN2O4/c1-13-5-2-3-6-15(13)18(12-20(26)27)23-21(28)16-11-14(8-9-17(16)22)24-10-4-7-19(24)25/h2-3,5-6,8-9,11,18H,4,7,10,12H2,1H3,(H,23,28)(H,26,27). The molecule has 0 aliphatic carbocycles. The molecule has 2 aromatic carbocycles. The summed E-state index contributed by atoms with van der Waals surface area (Å²) in [6.45, 7) is 2.34. The molecule has 1 fully saturated rings. The largest absolute Gasteiger partial charge is 0.481 e. The van der Waals surface area contributed by atoms with Gasteiger partial charge in [0.1, 0.15) is 5.82 Å². The van der Waals surface area contributed by atoms with Gasteiger partial charge in [-0.05, 0) is 42.7 Å². The highest BCUT2D eigenvalue weighted by molar-refractivity contribution is 5.99. The molecule has 1 saturated heterocycles.